The molecule has 5 rings (SSSR count). The fourth-order valence-electron chi connectivity index (χ4n) is 5.05. The van der Waals surface area contributed by atoms with E-state index in [1.807, 2.05) is 73.0 Å². The number of aryl methyl sites for hydroxylation is 1. The van der Waals surface area contributed by atoms with E-state index in [1.54, 1.807) is 4.90 Å². The predicted molar refractivity (Wildman–Crippen MR) is 119 cm³/mol. The molecule has 1 fully saturated rings. The molecule has 2 aromatic carbocycles. The van der Waals surface area contributed by atoms with Gasteiger partial charge in [-0.2, -0.15) is 0 Å². The van der Waals surface area contributed by atoms with Crippen LogP contribution in [0.1, 0.15) is 48.7 Å². The largest absolute Gasteiger partial charge is 0.351 e. The number of aromatic nitrogens is 1. The normalized spacial score (nSPS) is 21.8. The number of benzene rings is 2. The molecule has 1 N–H and O–H groups in total. The van der Waals surface area contributed by atoms with Gasteiger partial charge in [0.2, 0.25) is 5.91 Å². The highest BCUT2D eigenvalue weighted by atomic mass is 16.2. The van der Waals surface area contributed by atoms with E-state index in [0.29, 0.717) is 12.2 Å². The number of hydrogen-bond donors (Lipinski definition) is 1. The van der Waals surface area contributed by atoms with Crippen molar-refractivity contribution in [2.24, 2.45) is 0 Å². The first-order valence-corrected chi connectivity index (χ1v) is 10.8. The minimum atomic E-state index is -1.01. The summed E-state index contributed by atoms with van der Waals surface area (Å²) in [5, 5.41) is 4.27. The molecule has 0 spiro atoms. The molecule has 0 radical (unpaired) electrons. The Kier molecular flexibility index (Phi) is 4.42. The van der Waals surface area contributed by atoms with Gasteiger partial charge in [0.05, 0.1) is 6.54 Å². The summed E-state index contributed by atoms with van der Waals surface area (Å²) < 4.78 is 2.01. The van der Waals surface area contributed by atoms with E-state index in [4.69, 9.17) is 0 Å². The van der Waals surface area contributed by atoms with Gasteiger partial charge in [0.15, 0.2) is 0 Å². The van der Waals surface area contributed by atoms with Gasteiger partial charge in [-0.05, 0) is 50.5 Å². The zero-order chi connectivity index (χ0) is 20.9. The van der Waals surface area contributed by atoms with Crippen LogP contribution in [0.5, 0.6) is 0 Å². The molecule has 0 bridgehead atoms. The van der Waals surface area contributed by atoms with Crippen LogP contribution in [0, 0.1) is 6.92 Å². The van der Waals surface area contributed by atoms with E-state index in [0.717, 1.165) is 47.8 Å². The van der Waals surface area contributed by atoms with E-state index in [9.17, 15) is 9.59 Å². The highest BCUT2D eigenvalue weighted by molar-refractivity contribution is 6.14. The summed E-state index contributed by atoms with van der Waals surface area (Å²) >= 11 is 0. The van der Waals surface area contributed by atoms with Crippen LogP contribution in [0.3, 0.4) is 0 Å². The van der Waals surface area contributed by atoms with Gasteiger partial charge in [0, 0.05) is 22.6 Å². The van der Waals surface area contributed by atoms with Crippen LogP contribution >= 0.6 is 0 Å². The van der Waals surface area contributed by atoms with Crippen molar-refractivity contribution in [2.45, 2.75) is 57.7 Å². The lowest BCUT2D eigenvalue weighted by Crippen LogP contribution is -2.65. The molecule has 154 valence electrons. The lowest BCUT2D eigenvalue weighted by atomic mass is 9.92. The van der Waals surface area contributed by atoms with Gasteiger partial charge in [-0.1, -0.05) is 49.2 Å². The van der Waals surface area contributed by atoms with Crippen molar-refractivity contribution >= 4 is 28.4 Å². The summed E-state index contributed by atoms with van der Waals surface area (Å²) in [7, 11) is 0. The number of nitrogens with one attached hydrogen (secondary N) is 1. The summed E-state index contributed by atoms with van der Waals surface area (Å²) in [5.74, 6) is -0.203. The minimum Gasteiger partial charge on any atom is -0.351 e. The maximum Gasteiger partial charge on any atom is 0.275 e. The average molecular weight is 402 g/mol. The number of para-hydroxylation sites is 2. The fourth-order valence-corrected chi connectivity index (χ4v) is 5.05. The van der Waals surface area contributed by atoms with Gasteiger partial charge in [-0.25, -0.2) is 0 Å². The van der Waals surface area contributed by atoms with E-state index in [-0.39, 0.29) is 17.9 Å². The van der Waals surface area contributed by atoms with E-state index in [1.165, 1.54) is 0 Å². The lowest BCUT2D eigenvalue weighted by molar-refractivity contribution is -0.127. The standard InChI is InChI=1S/C25H27N3O2/c1-17-9-3-7-13-20(17)28-23(29)22-15-18-10-4-8-14-21(18)27(22)16-25(28,2)24(30)26-19-11-5-6-12-19/h3-4,7-10,13-15,19H,5-6,11-12,16H2,1-2H3,(H,26,30)/t25-/m1/s1. The summed E-state index contributed by atoms with van der Waals surface area (Å²) in [6.45, 7) is 4.32. The average Bonchev–Trinajstić information content (AvgIpc) is 3.37. The highest BCUT2D eigenvalue weighted by Crippen LogP contribution is 2.37. The molecule has 0 unspecified atom stereocenters. The van der Waals surface area contributed by atoms with Crippen LogP contribution in [0.4, 0.5) is 5.69 Å². The Morgan fingerprint density at radius 3 is 2.53 bits per heavy atom. The van der Waals surface area contributed by atoms with Crippen molar-refractivity contribution in [3.63, 3.8) is 0 Å². The van der Waals surface area contributed by atoms with Crippen LogP contribution in [-0.4, -0.2) is 28.0 Å². The molecule has 5 heteroatoms. The van der Waals surface area contributed by atoms with Crippen molar-refractivity contribution in [2.75, 3.05) is 4.90 Å². The van der Waals surface area contributed by atoms with Crippen LogP contribution < -0.4 is 10.2 Å². The Balaban J connectivity index is 1.66. The van der Waals surface area contributed by atoms with Gasteiger partial charge in [0.1, 0.15) is 11.2 Å². The van der Waals surface area contributed by atoms with Gasteiger partial charge in [-0.15, -0.1) is 0 Å². The molecule has 2 aliphatic rings. The summed E-state index contributed by atoms with van der Waals surface area (Å²) in [5.41, 5.74) is 2.38. The maximum absolute atomic E-state index is 13.8. The third kappa shape index (κ3) is 2.83. The molecule has 1 aromatic heterocycles. The first kappa shape index (κ1) is 18.9. The van der Waals surface area contributed by atoms with Crippen molar-refractivity contribution in [1.82, 2.24) is 9.88 Å². The Bertz CT molecular complexity index is 1140. The highest BCUT2D eigenvalue weighted by Gasteiger charge is 2.49. The van der Waals surface area contributed by atoms with Crippen LogP contribution in [0.15, 0.2) is 54.6 Å². The Morgan fingerprint density at radius 1 is 1.07 bits per heavy atom. The second kappa shape index (κ2) is 7.01. The van der Waals surface area contributed by atoms with Crippen LogP contribution in [-0.2, 0) is 11.3 Å². The molecule has 1 aliphatic carbocycles. The van der Waals surface area contributed by atoms with E-state index < -0.39 is 5.54 Å². The van der Waals surface area contributed by atoms with Crippen molar-refractivity contribution in [3.05, 3.63) is 65.9 Å². The predicted octanol–water partition coefficient (Wildman–Crippen LogP) is 4.43. The molecule has 1 saturated carbocycles. The second-order valence-corrected chi connectivity index (χ2v) is 8.83. The fraction of sp³-hybridized carbons (Fsp3) is 0.360. The number of nitrogens with zero attached hydrogens (tertiary/aromatic N) is 2. The molecule has 2 amide bonds. The Hall–Kier alpha value is -3.08. The smallest absolute Gasteiger partial charge is 0.275 e. The Labute approximate surface area is 176 Å². The van der Waals surface area contributed by atoms with Crippen LogP contribution in [0.2, 0.25) is 0 Å². The number of hydrogen-bond acceptors (Lipinski definition) is 2. The summed E-state index contributed by atoms with van der Waals surface area (Å²) in [4.78, 5) is 29.2. The zero-order valence-corrected chi connectivity index (χ0v) is 17.5. The van der Waals surface area contributed by atoms with Crippen molar-refractivity contribution in [3.8, 4) is 0 Å². The van der Waals surface area contributed by atoms with Crippen molar-refractivity contribution in [1.29, 1.82) is 0 Å². The van der Waals surface area contributed by atoms with Gasteiger partial charge in [0.25, 0.3) is 5.91 Å². The SMILES string of the molecule is Cc1ccccc1N1C(=O)c2cc3ccccc3n2C[C@]1(C)C(=O)NC1CCCC1. The third-order valence-electron chi connectivity index (χ3n) is 6.73. The quantitative estimate of drug-likeness (QED) is 0.706. The Morgan fingerprint density at radius 2 is 1.77 bits per heavy atom. The van der Waals surface area contributed by atoms with Gasteiger partial charge < -0.3 is 9.88 Å². The maximum atomic E-state index is 13.8. The van der Waals surface area contributed by atoms with E-state index in [2.05, 4.69) is 5.32 Å². The molecule has 1 aliphatic heterocycles. The molecular weight excluding hydrogens is 374 g/mol. The second-order valence-electron chi connectivity index (χ2n) is 8.83. The van der Waals surface area contributed by atoms with Crippen molar-refractivity contribution < 1.29 is 9.59 Å². The first-order chi connectivity index (χ1) is 14.5. The molecule has 30 heavy (non-hydrogen) atoms. The first-order valence-electron chi connectivity index (χ1n) is 10.8. The number of amides is 2. The number of carbonyl (C=O) groups excluding carboxylic acids is 2. The third-order valence-corrected chi connectivity index (χ3v) is 6.73. The number of fused-ring (bicyclic) bond motifs is 3. The summed E-state index contributed by atoms with van der Waals surface area (Å²) in [6, 6.07) is 17.9. The topological polar surface area (TPSA) is 54.3 Å². The minimum absolute atomic E-state index is 0.0746. The molecule has 0 saturated heterocycles. The molecule has 1 atom stereocenters. The lowest BCUT2D eigenvalue weighted by Gasteiger charge is -2.45. The van der Waals surface area contributed by atoms with Gasteiger partial charge >= 0.3 is 0 Å². The van der Waals surface area contributed by atoms with E-state index >= 15 is 0 Å². The number of carbonyl (C=O) groups is 2. The van der Waals surface area contributed by atoms with Crippen LogP contribution in [0.25, 0.3) is 10.9 Å². The molecular formula is C25H27N3O2. The molecule has 5 nitrogen and oxygen atoms in total. The molecule has 3 aromatic rings. The zero-order valence-electron chi connectivity index (χ0n) is 17.5. The number of anilines is 1. The molecule has 2 heterocycles. The summed E-state index contributed by atoms with van der Waals surface area (Å²) in [6.07, 6.45) is 4.32. The monoisotopic (exact) mass is 401 g/mol. The number of rotatable bonds is 3. The van der Waals surface area contributed by atoms with Gasteiger partial charge in [-0.3, -0.25) is 14.5 Å².